The summed E-state index contributed by atoms with van der Waals surface area (Å²) < 4.78 is 11.6. The predicted octanol–water partition coefficient (Wildman–Crippen LogP) is 2.89. The molecule has 0 aromatic heterocycles. The first kappa shape index (κ1) is 23.5. The van der Waals surface area contributed by atoms with Crippen molar-refractivity contribution in [3.05, 3.63) is 53.6 Å². The molecule has 2 aliphatic rings. The molecular weight excluding hydrogens is 418 g/mol. The molecule has 2 aromatic carbocycles. The van der Waals surface area contributed by atoms with Crippen LogP contribution in [0, 0.1) is 13.8 Å². The number of likely N-dealkylation sites (tertiary alicyclic amines) is 1. The summed E-state index contributed by atoms with van der Waals surface area (Å²) in [7, 11) is 0. The summed E-state index contributed by atoms with van der Waals surface area (Å²) in [6.45, 7) is 8.47. The van der Waals surface area contributed by atoms with E-state index >= 15 is 0 Å². The van der Waals surface area contributed by atoms with E-state index < -0.39 is 6.10 Å². The minimum absolute atomic E-state index is 0.0314. The first-order valence-corrected chi connectivity index (χ1v) is 11.8. The quantitative estimate of drug-likeness (QED) is 0.598. The molecule has 178 valence electrons. The lowest BCUT2D eigenvalue weighted by atomic mass is 10.0. The fourth-order valence-corrected chi connectivity index (χ4v) is 4.54. The van der Waals surface area contributed by atoms with Gasteiger partial charge < -0.3 is 25.2 Å². The number of aliphatic hydroxyl groups is 1. The van der Waals surface area contributed by atoms with Gasteiger partial charge in [0.25, 0.3) is 0 Å². The number of anilines is 1. The molecule has 2 aliphatic heterocycles. The van der Waals surface area contributed by atoms with Crippen LogP contribution in [-0.4, -0.2) is 66.4 Å². The monoisotopic (exact) mass is 453 g/mol. The average Bonchev–Trinajstić information content (AvgIpc) is 2.84. The lowest BCUT2D eigenvalue weighted by Crippen LogP contribution is -2.52. The van der Waals surface area contributed by atoms with Crippen LogP contribution >= 0.6 is 0 Å². The number of aliphatic hydroxyl groups excluding tert-OH is 1. The van der Waals surface area contributed by atoms with Gasteiger partial charge in [0.2, 0.25) is 5.91 Å². The minimum atomic E-state index is -0.654. The Labute approximate surface area is 196 Å². The number of fused-ring (bicyclic) bond motifs is 1. The number of rotatable bonds is 7. The fraction of sp³-hybridized carbons (Fsp3) is 0.500. The van der Waals surface area contributed by atoms with E-state index in [2.05, 4.69) is 15.5 Å². The van der Waals surface area contributed by atoms with Crippen molar-refractivity contribution < 1.29 is 19.4 Å². The molecule has 2 heterocycles. The zero-order chi connectivity index (χ0) is 23.4. The molecule has 1 amide bonds. The van der Waals surface area contributed by atoms with Gasteiger partial charge in [-0.05, 0) is 56.9 Å². The first-order chi connectivity index (χ1) is 15.9. The molecular formula is C26H35N3O4. The number of amides is 1. The van der Waals surface area contributed by atoms with Crippen LogP contribution < -0.4 is 20.1 Å². The van der Waals surface area contributed by atoms with Crippen LogP contribution in [0.15, 0.2) is 42.5 Å². The summed E-state index contributed by atoms with van der Waals surface area (Å²) in [6, 6.07) is 13.7. The molecule has 3 unspecified atom stereocenters. The van der Waals surface area contributed by atoms with Crippen LogP contribution in [-0.2, 0) is 4.79 Å². The van der Waals surface area contributed by atoms with Crippen LogP contribution in [0.5, 0.6) is 11.5 Å². The number of benzene rings is 2. The van der Waals surface area contributed by atoms with E-state index in [4.69, 9.17) is 9.47 Å². The molecule has 3 atom stereocenters. The van der Waals surface area contributed by atoms with Crippen LogP contribution in [0.25, 0.3) is 0 Å². The molecule has 7 heteroatoms. The maximum Gasteiger partial charge on any atom is 0.241 e. The summed E-state index contributed by atoms with van der Waals surface area (Å²) >= 11 is 0. The van der Waals surface area contributed by atoms with E-state index in [9.17, 15) is 9.90 Å². The Morgan fingerprint density at radius 2 is 1.76 bits per heavy atom. The second-order valence-corrected chi connectivity index (χ2v) is 9.13. The van der Waals surface area contributed by atoms with Gasteiger partial charge in [0.1, 0.15) is 12.7 Å². The summed E-state index contributed by atoms with van der Waals surface area (Å²) in [6.07, 6.45) is 0.816. The number of ether oxygens (including phenoxy) is 2. The van der Waals surface area contributed by atoms with E-state index in [0.29, 0.717) is 24.9 Å². The normalized spacial score (nSPS) is 20.8. The van der Waals surface area contributed by atoms with Crippen LogP contribution in [0.3, 0.4) is 0 Å². The number of nitrogens with one attached hydrogen (secondary N) is 2. The van der Waals surface area contributed by atoms with Crippen LogP contribution in [0.2, 0.25) is 0 Å². The average molecular weight is 454 g/mol. The fourth-order valence-electron chi connectivity index (χ4n) is 4.54. The Morgan fingerprint density at radius 1 is 1.09 bits per heavy atom. The molecule has 0 radical (unpaired) electrons. The SMILES string of the molecule is Cc1cccc(C)c1NC(=O)C(C)N1CCC(NCC(O)C2COc3ccccc3O2)CC1. The largest absolute Gasteiger partial charge is 0.486 e. The highest BCUT2D eigenvalue weighted by molar-refractivity contribution is 5.95. The van der Waals surface area contributed by atoms with Crippen molar-refractivity contribution in [2.45, 2.75) is 57.9 Å². The first-order valence-electron chi connectivity index (χ1n) is 11.8. The van der Waals surface area contributed by atoms with Gasteiger partial charge in [-0.3, -0.25) is 9.69 Å². The predicted molar refractivity (Wildman–Crippen MR) is 129 cm³/mol. The molecule has 0 aliphatic carbocycles. The van der Waals surface area contributed by atoms with E-state index in [1.165, 1.54) is 0 Å². The minimum Gasteiger partial charge on any atom is -0.486 e. The molecule has 7 nitrogen and oxygen atoms in total. The van der Waals surface area contributed by atoms with Crippen molar-refractivity contribution in [1.29, 1.82) is 0 Å². The Kier molecular flexibility index (Phi) is 7.53. The molecule has 0 spiro atoms. The molecule has 4 rings (SSSR count). The summed E-state index contributed by atoms with van der Waals surface area (Å²) in [5.41, 5.74) is 3.07. The highest BCUT2D eigenvalue weighted by Crippen LogP contribution is 2.31. The number of carbonyl (C=O) groups is 1. The third-order valence-corrected chi connectivity index (χ3v) is 6.76. The van der Waals surface area contributed by atoms with Crippen molar-refractivity contribution in [2.75, 3.05) is 31.6 Å². The molecule has 1 saturated heterocycles. The maximum absolute atomic E-state index is 12.8. The molecule has 0 bridgehead atoms. The van der Waals surface area contributed by atoms with Crippen molar-refractivity contribution in [1.82, 2.24) is 10.2 Å². The highest BCUT2D eigenvalue weighted by atomic mass is 16.6. The third-order valence-electron chi connectivity index (χ3n) is 6.76. The summed E-state index contributed by atoms with van der Waals surface area (Å²) in [4.78, 5) is 15.1. The van der Waals surface area contributed by atoms with Crippen molar-refractivity contribution in [3.63, 3.8) is 0 Å². The van der Waals surface area contributed by atoms with Gasteiger partial charge in [-0.1, -0.05) is 30.3 Å². The molecule has 1 fully saturated rings. The molecule has 2 aromatic rings. The van der Waals surface area contributed by atoms with Crippen LogP contribution in [0.1, 0.15) is 30.9 Å². The van der Waals surface area contributed by atoms with Gasteiger partial charge in [-0.15, -0.1) is 0 Å². The number of nitrogens with zero attached hydrogens (tertiary/aromatic N) is 1. The number of piperidine rings is 1. The van der Waals surface area contributed by atoms with Crippen LogP contribution in [0.4, 0.5) is 5.69 Å². The topological polar surface area (TPSA) is 83.1 Å². The second-order valence-electron chi connectivity index (χ2n) is 9.13. The van der Waals surface area contributed by atoms with Crippen molar-refractivity contribution in [2.24, 2.45) is 0 Å². The Bertz CT molecular complexity index is 938. The highest BCUT2D eigenvalue weighted by Gasteiger charge is 2.30. The van der Waals surface area contributed by atoms with Gasteiger partial charge in [-0.25, -0.2) is 0 Å². The maximum atomic E-state index is 12.8. The Hall–Kier alpha value is -2.61. The second kappa shape index (κ2) is 10.5. The number of hydrogen-bond donors (Lipinski definition) is 3. The molecule has 33 heavy (non-hydrogen) atoms. The summed E-state index contributed by atoms with van der Waals surface area (Å²) in [5.74, 6) is 1.43. The van der Waals surface area contributed by atoms with Gasteiger partial charge in [-0.2, -0.15) is 0 Å². The van der Waals surface area contributed by atoms with E-state index in [1.54, 1.807) is 0 Å². The van der Waals surface area contributed by atoms with Gasteiger partial charge in [0, 0.05) is 31.4 Å². The molecule has 0 saturated carbocycles. The molecule has 3 N–H and O–H groups in total. The number of carbonyl (C=O) groups excluding carboxylic acids is 1. The summed E-state index contributed by atoms with van der Waals surface area (Å²) in [5, 5.41) is 17.2. The Balaban J connectivity index is 1.21. The number of para-hydroxylation sites is 3. The lowest BCUT2D eigenvalue weighted by Gasteiger charge is -2.36. The Morgan fingerprint density at radius 3 is 2.45 bits per heavy atom. The van der Waals surface area contributed by atoms with Crippen molar-refractivity contribution >= 4 is 11.6 Å². The number of hydrogen-bond acceptors (Lipinski definition) is 6. The van der Waals surface area contributed by atoms with Gasteiger partial charge in [0.15, 0.2) is 17.6 Å². The van der Waals surface area contributed by atoms with E-state index in [1.807, 2.05) is 63.2 Å². The number of aryl methyl sites for hydroxylation is 2. The third kappa shape index (κ3) is 5.66. The smallest absolute Gasteiger partial charge is 0.241 e. The van der Waals surface area contributed by atoms with Gasteiger partial charge >= 0.3 is 0 Å². The lowest BCUT2D eigenvalue weighted by molar-refractivity contribution is -0.121. The van der Waals surface area contributed by atoms with E-state index in [-0.39, 0.29) is 18.1 Å². The van der Waals surface area contributed by atoms with E-state index in [0.717, 1.165) is 48.5 Å². The zero-order valence-corrected chi connectivity index (χ0v) is 19.7. The van der Waals surface area contributed by atoms with Gasteiger partial charge in [0.05, 0.1) is 6.04 Å². The standard InChI is InChI=1S/C26H35N3O4/c1-17-7-6-8-18(2)25(17)28-26(31)19(3)29-13-11-20(12-14-29)27-15-21(30)24-16-32-22-9-4-5-10-23(22)33-24/h4-10,19-21,24,27,30H,11-16H2,1-3H3,(H,28,31). The van der Waals surface area contributed by atoms with Crippen molar-refractivity contribution in [3.8, 4) is 11.5 Å². The zero-order valence-electron chi connectivity index (χ0n) is 19.7.